The topological polar surface area (TPSA) is 88.4 Å². The van der Waals surface area contributed by atoms with E-state index in [0.29, 0.717) is 25.2 Å². The van der Waals surface area contributed by atoms with E-state index >= 15 is 0 Å². The summed E-state index contributed by atoms with van der Waals surface area (Å²) in [5, 5.41) is 14.8. The largest absolute Gasteiger partial charge is 0.416 e. The van der Waals surface area contributed by atoms with Crippen LogP contribution in [0.2, 0.25) is 0 Å². The van der Waals surface area contributed by atoms with Crippen LogP contribution in [0.15, 0.2) is 16.9 Å². The number of hydrogen-bond acceptors (Lipinski definition) is 7. The number of hydrogen-bond donors (Lipinski definition) is 1. The predicted octanol–water partition coefficient (Wildman–Crippen LogP) is 4.78. The minimum Gasteiger partial charge on any atom is -0.332 e. The van der Waals surface area contributed by atoms with Gasteiger partial charge in [-0.2, -0.15) is 18.2 Å². The molecule has 1 aromatic heterocycles. The summed E-state index contributed by atoms with van der Waals surface area (Å²) < 4.78 is 39.4. The molecule has 11 heteroatoms. The number of fused-ring (bicyclic) bond motifs is 1. The van der Waals surface area contributed by atoms with Crippen LogP contribution in [0, 0.1) is 21.4 Å². The van der Waals surface area contributed by atoms with Crippen molar-refractivity contribution in [3.63, 3.8) is 0 Å². The molecule has 0 saturated carbocycles. The Morgan fingerprint density at radius 2 is 2.00 bits per heavy atom. The fourth-order valence-electron chi connectivity index (χ4n) is 4.12. The molecule has 1 aliphatic heterocycles. The molecule has 1 fully saturated rings. The Hall–Kier alpha value is -2.27. The first kappa shape index (κ1) is 23.4. The molecule has 3 rings (SSSR count). The monoisotopic (exact) mass is 458 g/mol. The van der Waals surface area contributed by atoms with E-state index in [9.17, 15) is 28.1 Å². The Morgan fingerprint density at radius 3 is 2.55 bits per heavy atom. The average Bonchev–Trinajstić information content (AvgIpc) is 3.01. The van der Waals surface area contributed by atoms with E-state index in [2.05, 4.69) is 31.1 Å². The van der Waals surface area contributed by atoms with Gasteiger partial charge in [0.1, 0.15) is 4.70 Å². The summed E-state index contributed by atoms with van der Waals surface area (Å²) in [6.45, 7) is 9.68. The van der Waals surface area contributed by atoms with E-state index in [-0.39, 0.29) is 32.7 Å². The van der Waals surface area contributed by atoms with E-state index in [1.165, 1.54) is 0 Å². The Balaban J connectivity index is 2.12. The lowest BCUT2D eigenvalue weighted by Gasteiger charge is -2.32. The van der Waals surface area contributed by atoms with E-state index in [1.807, 2.05) is 11.8 Å². The average molecular weight is 459 g/mol. The first-order valence-corrected chi connectivity index (χ1v) is 10.8. The lowest BCUT2D eigenvalue weighted by molar-refractivity contribution is -0.383. The van der Waals surface area contributed by atoms with Gasteiger partial charge >= 0.3 is 6.18 Å². The van der Waals surface area contributed by atoms with Crippen molar-refractivity contribution in [2.24, 2.45) is 11.3 Å². The molecule has 31 heavy (non-hydrogen) atoms. The molecule has 0 amide bonds. The molecule has 1 aliphatic rings. The maximum Gasteiger partial charge on any atom is 0.416 e. The van der Waals surface area contributed by atoms with Crippen molar-refractivity contribution in [1.29, 1.82) is 0 Å². The van der Waals surface area contributed by atoms with Crippen LogP contribution in [-0.2, 0) is 6.18 Å². The number of nitro groups is 1. The molecule has 0 radical (unpaired) electrons. The highest BCUT2D eigenvalue weighted by Gasteiger charge is 2.38. The molecule has 2 heterocycles. The third kappa shape index (κ3) is 4.98. The third-order valence-corrected chi connectivity index (χ3v) is 6.41. The number of nitrogens with zero attached hydrogens (tertiary/aromatic N) is 3. The summed E-state index contributed by atoms with van der Waals surface area (Å²) in [6.07, 6.45) is -3.14. The van der Waals surface area contributed by atoms with Crippen LogP contribution < -0.4 is 15.8 Å². The van der Waals surface area contributed by atoms with Crippen LogP contribution in [0.25, 0.3) is 10.1 Å². The molecular formula is C20H25F3N4O3S. The fourth-order valence-corrected chi connectivity index (χ4v) is 5.25. The van der Waals surface area contributed by atoms with Gasteiger partial charge in [-0.25, -0.2) is 0 Å². The number of aromatic nitrogens is 1. The molecule has 0 bridgehead atoms. The number of non-ortho nitro benzene ring substituents is 1. The van der Waals surface area contributed by atoms with Crippen molar-refractivity contribution in [3.8, 4) is 0 Å². The molecular weight excluding hydrogens is 433 g/mol. The van der Waals surface area contributed by atoms with E-state index in [4.69, 9.17) is 0 Å². The molecule has 1 N–H and O–H groups in total. The summed E-state index contributed by atoms with van der Waals surface area (Å²) in [5.41, 5.74) is -2.78. The smallest absolute Gasteiger partial charge is 0.332 e. The zero-order valence-corrected chi connectivity index (χ0v) is 18.6. The van der Waals surface area contributed by atoms with Crippen LogP contribution in [-0.4, -0.2) is 29.2 Å². The molecule has 170 valence electrons. The molecule has 1 aromatic carbocycles. The van der Waals surface area contributed by atoms with Crippen molar-refractivity contribution in [2.45, 2.75) is 52.9 Å². The Morgan fingerprint density at radius 1 is 1.32 bits per heavy atom. The Kier molecular flexibility index (Phi) is 6.30. The van der Waals surface area contributed by atoms with E-state index < -0.39 is 27.9 Å². The zero-order chi connectivity index (χ0) is 23.1. The van der Waals surface area contributed by atoms with Gasteiger partial charge in [0.2, 0.25) is 0 Å². The predicted molar refractivity (Wildman–Crippen MR) is 115 cm³/mol. The number of nitrogens with one attached hydrogen (secondary N) is 1. The van der Waals surface area contributed by atoms with Gasteiger partial charge < -0.3 is 4.90 Å². The second-order valence-electron chi connectivity index (χ2n) is 8.94. The summed E-state index contributed by atoms with van der Waals surface area (Å²) >= 11 is 0.888. The maximum atomic E-state index is 13.2. The number of benzene rings is 1. The highest BCUT2D eigenvalue weighted by Crippen LogP contribution is 2.41. The maximum absolute atomic E-state index is 13.2. The Labute approximate surface area is 181 Å². The molecule has 2 unspecified atom stereocenters. The van der Waals surface area contributed by atoms with E-state index in [1.54, 1.807) is 0 Å². The SMILES string of the molecule is CCNC1C(CC(C)(C)C)CCN1c1nc(=O)c2cc(C(F)(F)F)cc([N+](=O)[O-])c2s1. The summed E-state index contributed by atoms with van der Waals surface area (Å²) in [6, 6.07) is 1.13. The van der Waals surface area contributed by atoms with Gasteiger partial charge in [-0.15, -0.1) is 0 Å². The highest BCUT2D eigenvalue weighted by molar-refractivity contribution is 7.22. The normalized spacial score (nSPS) is 19.9. The minimum atomic E-state index is -4.81. The van der Waals surface area contributed by atoms with E-state index in [0.717, 1.165) is 24.2 Å². The quantitative estimate of drug-likeness (QED) is 0.512. The molecule has 0 spiro atoms. The standard InChI is InChI=1S/C20H25F3N4O3S/c1-5-24-16-11(10-19(2,3)4)6-7-26(16)18-25-17(28)13-8-12(20(21,22)23)9-14(27(29)30)15(13)31-18/h8-9,11,16,24H,5-7,10H2,1-4H3. The van der Waals surface area contributed by atoms with Crippen LogP contribution in [0.1, 0.15) is 46.1 Å². The summed E-state index contributed by atoms with van der Waals surface area (Å²) in [5.74, 6) is 0.280. The van der Waals surface area contributed by atoms with Crippen molar-refractivity contribution in [2.75, 3.05) is 18.0 Å². The Bertz CT molecular complexity index is 1050. The van der Waals surface area contributed by atoms with Crippen LogP contribution in [0.5, 0.6) is 0 Å². The third-order valence-electron chi connectivity index (χ3n) is 5.27. The zero-order valence-electron chi connectivity index (χ0n) is 17.7. The second-order valence-corrected chi connectivity index (χ2v) is 9.92. The first-order valence-electron chi connectivity index (χ1n) is 10.0. The first-order chi connectivity index (χ1) is 14.3. The van der Waals surface area contributed by atoms with Crippen molar-refractivity contribution in [1.82, 2.24) is 10.3 Å². The van der Waals surface area contributed by atoms with Crippen molar-refractivity contribution in [3.05, 3.63) is 38.2 Å². The van der Waals surface area contributed by atoms with Crippen LogP contribution >= 0.6 is 11.3 Å². The lowest BCUT2D eigenvalue weighted by Crippen LogP contribution is -2.46. The summed E-state index contributed by atoms with van der Waals surface area (Å²) in [7, 11) is 0. The highest BCUT2D eigenvalue weighted by atomic mass is 32.1. The van der Waals surface area contributed by atoms with Crippen molar-refractivity contribution < 1.29 is 18.1 Å². The molecule has 0 aliphatic carbocycles. The molecule has 1 saturated heterocycles. The molecule has 2 aromatic rings. The molecule has 7 nitrogen and oxygen atoms in total. The number of anilines is 1. The second kappa shape index (κ2) is 8.34. The summed E-state index contributed by atoms with van der Waals surface area (Å²) in [4.78, 5) is 29.2. The van der Waals surface area contributed by atoms with Crippen molar-refractivity contribution >= 4 is 32.2 Å². The number of alkyl halides is 3. The van der Waals surface area contributed by atoms with Gasteiger partial charge in [0.05, 0.1) is 22.0 Å². The fraction of sp³-hybridized carbons (Fsp3) is 0.600. The van der Waals surface area contributed by atoms with Gasteiger partial charge in [-0.05, 0) is 36.8 Å². The number of rotatable bonds is 5. The van der Waals surface area contributed by atoms with Crippen LogP contribution in [0.3, 0.4) is 0 Å². The number of halogens is 3. The molecule has 2 atom stereocenters. The van der Waals surface area contributed by atoms with Gasteiger partial charge in [-0.3, -0.25) is 20.2 Å². The number of nitro benzene ring substituents is 1. The van der Waals surface area contributed by atoms with Gasteiger partial charge in [0.15, 0.2) is 5.13 Å². The van der Waals surface area contributed by atoms with Gasteiger partial charge in [0.25, 0.3) is 11.2 Å². The minimum absolute atomic E-state index is 0.0884. The van der Waals surface area contributed by atoms with Gasteiger partial charge in [-0.1, -0.05) is 39.0 Å². The van der Waals surface area contributed by atoms with Gasteiger partial charge in [0, 0.05) is 12.6 Å². The van der Waals surface area contributed by atoms with Crippen LogP contribution in [0.4, 0.5) is 24.0 Å². The lowest BCUT2D eigenvalue weighted by atomic mass is 9.83.